The van der Waals surface area contributed by atoms with Crippen LogP contribution in [0, 0.1) is 5.92 Å². The Bertz CT molecular complexity index is 486. The molecule has 0 spiro atoms. The highest BCUT2D eigenvalue weighted by Crippen LogP contribution is 2.24. The SMILES string of the molecule is CC(c1ccccc1)N1CCC(NC(=O)C2CCNC2)CC1.Cl.Cl. The topological polar surface area (TPSA) is 44.4 Å². The molecule has 2 atom stereocenters. The molecule has 2 unspecified atom stereocenters. The van der Waals surface area contributed by atoms with Gasteiger partial charge in [0.05, 0.1) is 5.92 Å². The average molecular weight is 374 g/mol. The van der Waals surface area contributed by atoms with Crippen LogP contribution < -0.4 is 10.6 Å². The molecule has 0 bridgehead atoms. The standard InChI is InChI=1S/C18H27N3O.2ClH/c1-14(15-5-3-2-4-6-15)21-11-8-17(9-12-21)20-18(22)16-7-10-19-13-16;;/h2-6,14,16-17,19H,7-13H2,1H3,(H,20,22);2*1H. The van der Waals surface area contributed by atoms with Gasteiger partial charge in [0.1, 0.15) is 0 Å². The van der Waals surface area contributed by atoms with E-state index in [0.717, 1.165) is 45.4 Å². The fourth-order valence-electron chi connectivity index (χ4n) is 3.57. The Balaban J connectivity index is 0.00000144. The van der Waals surface area contributed by atoms with Crippen LogP contribution in [0.3, 0.4) is 0 Å². The molecule has 0 radical (unpaired) electrons. The number of benzene rings is 1. The van der Waals surface area contributed by atoms with Gasteiger partial charge >= 0.3 is 0 Å². The Morgan fingerprint density at radius 2 is 1.83 bits per heavy atom. The first-order valence-corrected chi connectivity index (χ1v) is 8.54. The largest absolute Gasteiger partial charge is 0.353 e. The van der Waals surface area contributed by atoms with Crippen molar-refractivity contribution in [3.8, 4) is 0 Å². The van der Waals surface area contributed by atoms with Gasteiger partial charge in [0.2, 0.25) is 5.91 Å². The van der Waals surface area contributed by atoms with Crippen molar-refractivity contribution in [2.45, 2.75) is 38.3 Å². The summed E-state index contributed by atoms with van der Waals surface area (Å²) in [6.07, 6.45) is 3.10. The maximum atomic E-state index is 12.2. The molecule has 1 aromatic rings. The van der Waals surface area contributed by atoms with E-state index in [1.807, 2.05) is 0 Å². The van der Waals surface area contributed by atoms with E-state index in [9.17, 15) is 4.79 Å². The van der Waals surface area contributed by atoms with E-state index in [-0.39, 0.29) is 36.6 Å². The molecule has 136 valence electrons. The van der Waals surface area contributed by atoms with Crippen molar-refractivity contribution < 1.29 is 4.79 Å². The fourth-order valence-corrected chi connectivity index (χ4v) is 3.57. The van der Waals surface area contributed by atoms with Crippen LogP contribution in [0.5, 0.6) is 0 Å². The second kappa shape index (κ2) is 10.2. The molecule has 1 aromatic carbocycles. The zero-order chi connectivity index (χ0) is 15.4. The molecule has 24 heavy (non-hydrogen) atoms. The molecule has 2 saturated heterocycles. The van der Waals surface area contributed by atoms with Crippen LogP contribution in [0.4, 0.5) is 0 Å². The van der Waals surface area contributed by atoms with Gasteiger partial charge in [-0.15, -0.1) is 24.8 Å². The van der Waals surface area contributed by atoms with Crippen molar-refractivity contribution in [2.24, 2.45) is 5.92 Å². The fraction of sp³-hybridized carbons (Fsp3) is 0.611. The summed E-state index contributed by atoms with van der Waals surface area (Å²) in [7, 11) is 0. The van der Waals surface area contributed by atoms with Crippen LogP contribution in [0.25, 0.3) is 0 Å². The molecular weight excluding hydrogens is 345 g/mol. The molecule has 6 heteroatoms. The summed E-state index contributed by atoms with van der Waals surface area (Å²) in [4.78, 5) is 14.7. The van der Waals surface area contributed by atoms with Crippen molar-refractivity contribution in [2.75, 3.05) is 26.2 Å². The minimum atomic E-state index is 0. The van der Waals surface area contributed by atoms with Gasteiger partial charge < -0.3 is 10.6 Å². The third kappa shape index (κ3) is 5.35. The first-order valence-electron chi connectivity index (χ1n) is 8.54. The summed E-state index contributed by atoms with van der Waals surface area (Å²) in [5, 5.41) is 6.52. The van der Waals surface area contributed by atoms with E-state index in [0.29, 0.717) is 12.1 Å². The Kier molecular flexibility index (Phi) is 9.06. The lowest BCUT2D eigenvalue weighted by Gasteiger charge is -2.36. The zero-order valence-corrected chi connectivity index (χ0v) is 15.9. The number of nitrogens with zero attached hydrogens (tertiary/aromatic N) is 1. The van der Waals surface area contributed by atoms with Gasteiger partial charge in [-0.3, -0.25) is 9.69 Å². The van der Waals surface area contributed by atoms with Crippen molar-refractivity contribution >= 4 is 30.7 Å². The van der Waals surface area contributed by atoms with Crippen molar-refractivity contribution in [1.82, 2.24) is 15.5 Å². The minimum absolute atomic E-state index is 0. The third-order valence-corrected chi connectivity index (χ3v) is 5.14. The first-order chi connectivity index (χ1) is 10.7. The van der Waals surface area contributed by atoms with Crippen molar-refractivity contribution in [3.63, 3.8) is 0 Å². The average Bonchev–Trinajstić information content (AvgIpc) is 3.10. The van der Waals surface area contributed by atoms with Crippen LogP contribution in [-0.2, 0) is 4.79 Å². The number of likely N-dealkylation sites (tertiary alicyclic amines) is 1. The van der Waals surface area contributed by atoms with E-state index in [1.54, 1.807) is 0 Å². The van der Waals surface area contributed by atoms with Crippen LogP contribution in [0.1, 0.15) is 37.8 Å². The summed E-state index contributed by atoms with van der Waals surface area (Å²) in [5.41, 5.74) is 1.38. The number of amides is 1. The Morgan fingerprint density at radius 3 is 2.42 bits per heavy atom. The monoisotopic (exact) mass is 373 g/mol. The number of carbonyl (C=O) groups is 1. The number of nitrogens with one attached hydrogen (secondary N) is 2. The molecule has 1 amide bonds. The maximum Gasteiger partial charge on any atom is 0.224 e. The molecule has 2 aliphatic rings. The van der Waals surface area contributed by atoms with Crippen LogP contribution in [-0.4, -0.2) is 43.0 Å². The molecule has 2 N–H and O–H groups in total. The van der Waals surface area contributed by atoms with Gasteiger partial charge in [-0.2, -0.15) is 0 Å². The number of carbonyl (C=O) groups excluding carboxylic acids is 1. The summed E-state index contributed by atoms with van der Waals surface area (Å²) in [5.74, 6) is 0.431. The maximum absolute atomic E-state index is 12.2. The highest BCUT2D eigenvalue weighted by atomic mass is 35.5. The van der Waals surface area contributed by atoms with Crippen molar-refractivity contribution in [1.29, 1.82) is 0 Å². The number of hydrogen-bond acceptors (Lipinski definition) is 3. The molecule has 4 nitrogen and oxygen atoms in total. The molecule has 2 heterocycles. The van der Waals surface area contributed by atoms with Crippen LogP contribution in [0.15, 0.2) is 30.3 Å². The third-order valence-electron chi connectivity index (χ3n) is 5.14. The molecule has 2 aliphatic heterocycles. The van der Waals surface area contributed by atoms with E-state index in [2.05, 4.69) is 52.8 Å². The quantitative estimate of drug-likeness (QED) is 0.852. The Morgan fingerprint density at radius 1 is 1.17 bits per heavy atom. The molecule has 0 aliphatic carbocycles. The van der Waals surface area contributed by atoms with E-state index < -0.39 is 0 Å². The van der Waals surface area contributed by atoms with Gasteiger partial charge in [0.25, 0.3) is 0 Å². The second-order valence-electron chi connectivity index (χ2n) is 6.60. The van der Waals surface area contributed by atoms with E-state index in [1.165, 1.54) is 5.56 Å². The normalized spacial score (nSPS) is 23.0. The van der Waals surface area contributed by atoms with Gasteiger partial charge in [-0.1, -0.05) is 30.3 Å². The molecular formula is C18H29Cl2N3O. The molecule has 0 saturated carbocycles. The van der Waals surface area contributed by atoms with E-state index >= 15 is 0 Å². The van der Waals surface area contributed by atoms with Crippen LogP contribution in [0.2, 0.25) is 0 Å². The number of hydrogen-bond donors (Lipinski definition) is 2. The number of rotatable bonds is 4. The molecule has 3 rings (SSSR count). The van der Waals surface area contributed by atoms with Gasteiger partial charge in [0, 0.05) is 31.7 Å². The van der Waals surface area contributed by atoms with Crippen molar-refractivity contribution in [3.05, 3.63) is 35.9 Å². The first kappa shape index (κ1) is 21.2. The van der Waals surface area contributed by atoms with Crippen LogP contribution >= 0.6 is 24.8 Å². The molecule has 0 aromatic heterocycles. The summed E-state index contributed by atoms with van der Waals surface area (Å²) in [6, 6.07) is 11.5. The number of piperidine rings is 1. The summed E-state index contributed by atoms with van der Waals surface area (Å²) < 4.78 is 0. The summed E-state index contributed by atoms with van der Waals surface area (Å²) in [6.45, 7) is 6.22. The van der Waals surface area contributed by atoms with Gasteiger partial charge in [-0.05, 0) is 38.3 Å². The smallest absolute Gasteiger partial charge is 0.224 e. The highest BCUT2D eigenvalue weighted by Gasteiger charge is 2.28. The minimum Gasteiger partial charge on any atom is -0.353 e. The predicted molar refractivity (Wildman–Crippen MR) is 103 cm³/mol. The highest BCUT2D eigenvalue weighted by molar-refractivity contribution is 5.85. The Hall–Kier alpha value is -0.810. The number of halogens is 2. The lowest BCUT2D eigenvalue weighted by molar-refractivity contribution is -0.125. The Labute approximate surface area is 157 Å². The lowest BCUT2D eigenvalue weighted by Crippen LogP contribution is -2.47. The lowest BCUT2D eigenvalue weighted by atomic mass is 9.99. The molecule has 2 fully saturated rings. The van der Waals surface area contributed by atoms with Gasteiger partial charge in [-0.25, -0.2) is 0 Å². The zero-order valence-electron chi connectivity index (χ0n) is 14.2. The second-order valence-corrected chi connectivity index (χ2v) is 6.60. The van der Waals surface area contributed by atoms with E-state index in [4.69, 9.17) is 0 Å². The summed E-state index contributed by atoms with van der Waals surface area (Å²) >= 11 is 0. The van der Waals surface area contributed by atoms with Gasteiger partial charge in [0.15, 0.2) is 0 Å². The predicted octanol–water partition coefficient (Wildman–Crippen LogP) is 2.78.